The van der Waals surface area contributed by atoms with Crippen LogP contribution in [0.1, 0.15) is 77.1 Å². The highest BCUT2D eigenvalue weighted by Crippen LogP contribution is 2.42. The van der Waals surface area contributed by atoms with Crippen molar-refractivity contribution in [2.45, 2.75) is 57.5 Å². The summed E-state index contributed by atoms with van der Waals surface area (Å²) in [6.07, 6.45) is 4.15. The molecule has 0 saturated heterocycles. The highest BCUT2D eigenvalue weighted by atomic mass is 35.5. The van der Waals surface area contributed by atoms with Gasteiger partial charge in [0.2, 0.25) is 0 Å². The van der Waals surface area contributed by atoms with Gasteiger partial charge in [0.25, 0.3) is 0 Å². The first kappa shape index (κ1) is 25.8. The van der Waals surface area contributed by atoms with E-state index >= 15 is 0 Å². The third-order valence-corrected chi connectivity index (χ3v) is 7.50. The topological polar surface area (TPSA) is 46.5 Å². The van der Waals surface area contributed by atoms with Gasteiger partial charge >= 0.3 is 5.97 Å². The molecule has 4 heteroatoms. The van der Waals surface area contributed by atoms with Gasteiger partial charge in [0.05, 0.1) is 11.7 Å². The van der Waals surface area contributed by atoms with Gasteiger partial charge in [0.15, 0.2) is 0 Å². The third-order valence-electron chi connectivity index (χ3n) is 7.50. The van der Waals surface area contributed by atoms with E-state index in [2.05, 4.69) is 61.5 Å². The summed E-state index contributed by atoms with van der Waals surface area (Å²) in [5.74, 6) is 0.666. The van der Waals surface area contributed by atoms with E-state index in [4.69, 9.17) is 4.74 Å². The maximum Gasteiger partial charge on any atom is 0.335 e. The Balaban J connectivity index is 0.00000304. The Morgan fingerprint density at radius 1 is 1.00 bits per heavy atom. The van der Waals surface area contributed by atoms with E-state index in [1.54, 1.807) is 0 Å². The van der Waals surface area contributed by atoms with Crippen LogP contribution in [0, 0.1) is 6.92 Å². The van der Waals surface area contributed by atoms with E-state index in [0.29, 0.717) is 11.5 Å². The maximum atomic E-state index is 11.7. The molecule has 0 radical (unpaired) electrons. The van der Waals surface area contributed by atoms with Crippen molar-refractivity contribution in [2.24, 2.45) is 0 Å². The SMILES string of the molecule is Cc1ccc([C@@H]2C[C@H](CCC[C@H](C)c3cccc4ccccc34)Oc3ccccc32)cc1C(=O)O.Cl. The minimum absolute atomic E-state index is 0. The van der Waals surface area contributed by atoms with Crippen LogP contribution in [0.15, 0.2) is 84.9 Å². The highest BCUT2D eigenvalue weighted by Gasteiger charge is 2.29. The number of hydrogen-bond acceptors (Lipinski definition) is 2. The number of ether oxygens (including phenoxy) is 1. The zero-order valence-corrected chi connectivity index (χ0v) is 21.6. The zero-order chi connectivity index (χ0) is 24.4. The lowest BCUT2D eigenvalue weighted by atomic mass is 9.82. The van der Waals surface area contributed by atoms with Crippen molar-refractivity contribution in [1.82, 2.24) is 0 Å². The summed E-state index contributed by atoms with van der Waals surface area (Å²) in [4.78, 5) is 11.7. The minimum atomic E-state index is -0.872. The number of rotatable bonds is 7. The molecule has 0 bridgehead atoms. The number of halogens is 1. The van der Waals surface area contributed by atoms with Gasteiger partial charge in [-0.15, -0.1) is 12.4 Å². The lowest BCUT2D eigenvalue weighted by Crippen LogP contribution is -2.26. The van der Waals surface area contributed by atoms with Gasteiger partial charge in [-0.05, 0) is 78.1 Å². The average Bonchev–Trinajstić information content (AvgIpc) is 2.88. The molecule has 0 saturated carbocycles. The lowest BCUT2D eigenvalue weighted by molar-refractivity contribution is 0.0696. The van der Waals surface area contributed by atoms with Crippen molar-refractivity contribution in [3.63, 3.8) is 0 Å². The summed E-state index contributed by atoms with van der Waals surface area (Å²) in [6.45, 7) is 4.17. The number of benzene rings is 4. The molecule has 0 spiro atoms. The molecule has 1 aliphatic rings. The number of fused-ring (bicyclic) bond motifs is 2. The number of para-hydroxylation sites is 1. The van der Waals surface area contributed by atoms with Crippen LogP contribution in [0.5, 0.6) is 5.75 Å². The third kappa shape index (κ3) is 5.27. The van der Waals surface area contributed by atoms with Crippen molar-refractivity contribution in [2.75, 3.05) is 0 Å². The van der Waals surface area contributed by atoms with E-state index in [0.717, 1.165) is 48.1 Å². The van der Waals surface area contributed by atoms with Gasteiger partial charge in [0.1, 0.15) is 5.75 Å². The van der Waals surface area contributed by atoms with Gasteiger partial charge in [-0.1, -0.05) is 79.7 Å². The predicted octanol–water partition coefficient (Wildman–Crippen LogP) is 8.53. The first-order chi connectivity index (χ1) is 17.0. The van der Waals surface area contributed by atoms with Crippen LogP contribution in [-0.4, -0.2) is 17.2 Å². The fourth-order valence-electron chi connectivity index (χ4n) is 5.56. The number of hydrogen-bond donors (Lipinski definition) is 1. The maximum absolute atomic E-state index is 11.7. The fourth-order valence-corrected chi connectivity index (χ4v) is 5.56. The molecule has 0 aromatic heterocycles. The first-order valence-corrected chi connectivity index (χ1v) is 12.6. The van der Waals surface area contributed by atoms with Crippen molar-refractivity contribution >= 4 is 29.1 Å². The molecule has 1 N–H and O–H groups in total. The summed E-state index contributed by atoms with van der Waals surface area (Å²) >= 11 is 0. The molecular formula is C32H33ClO3. The largest absolute Gasteiger partial charge is 0.490 e. The number of carboxylic acid groups (broad SMARTS) is 1. The van der Waals surface area contributed by atoms with Gasteiger partial charge in [-0.2, -0.15) is 0 Å². The second-order valence-electron chi connectivity index (χ2n) is 9.85. The Morgan fingerprint density at radius 2 is 1.75 bits per heavy atom. The Morgan fingerprint density at radius 3 is 2.58 bits per heavy atom. The van der Waals surface area contributed by atoms with Crippen molar-refractivity contribution < 1.29 is 14.6 Å². The highest BCUT2D eigenvalue weighted by molar-refractivity contribution is 5.89. The van der Waals surface area contributed by atoms with Crippen LogP contribution < -0.4 is 4.74 Å². The summed E-state index contributed by atoms with van der Waals surface area (Å²) in [7, 11) is 0. The second kappa shape index (κ2) is 11.2. The summed E-state index contributed by atoms with van der Waals surface area (Å²) in [6, 6.07) is 29.3. The van der Waals surface area contributed by atoms with Crippen molar-refractivity contribution in [3.05, 3.63) is 113 Å². The number of carbonyl (C=O) groups is 1. The Bertz CT molecular complexity index is 1360. The number of aryl methyl sites for hydroxylation is 1. The molecule has 0 unspecified atom stereocenters. The lowest BCUT2D eigenvalue weighted by Gasteiger charge is -2.33. The molecule has 186 valence electrons. The smallest absolute Gasteiger partial charge is 0.335 e. The molecule has 3 atom stereocenters. The van der Waals surface area contributed by atoms with Crippen LogP contribution in [0.4, 0.5) is 0 Å². The van der Waals surface area contributed by atoms with E-state index in [1.165, 1.54) is 16.3 Å². The molecule has 0 amide bonds. The van der Waals surface area contributed by atoms with Crippen LogP contribution in [0.25, 0.3) is 10.8 Å². The van der Waals surface area contributed by atoms with E-state index in [9.17, 15) is 9.90 Å². The standard InChI is InChI=1S/C32H32O3.ClH/c1-21(26-15-8-11-23-10-3-4-13-27(23)26)9-7-12-25-20-30(28-14-5-6-16-31(28)35-25)24-18-17-22(2)29(19-24)32(33)34;/h3-6,8,10-11,13-19,21,25,30H,7,9,12,20H2,1-2H3,(H,33,34);1H/t21-,25-,30-;/m0./s1. The van der Waals surface area contributed by atoms with E-state index in [-0.39, 0.29) is 24.4 Å². The summed E-state index contributed by atoms with van der Waals surface area (Å²) < 4.78 is 6.43. The molecule has 0 aliphatic carbocycles. The van der Waals surface area contributed by atoms with Crippen LogP contribution in [-0.2, 0) is 0 Å². The van der Waals surface area contributed by atoms with Crippen molar-refractivity contribution in [3.8, 4) is 5.75 Å². The molecule has 1 aliphatic heterocycles. The average molecular weight is 501 g/mol. The second-order valence-corrected chi connectivity index (χ2v) is 9.85. The van der Waals surface area contributed by atoms with E-state index < -0.39 is 5.97 Å². The molecular weight excluding hydrogens is 468 g/mol. The Labute approximate surface area is 219 Å². The van der Waals surface area contributed by atoms with Gasteiger partial charge in [-0.3, -0.25) is 0 Å². The predicted molar refractivity (Wildman–Crippen MR) is 149 cm³/mol. The number of carboxylic acids is 1. The Kier molecular flexibility index (Phi) is 8.01. The van der Waals surface area contributed by atoms with Crippen molar-refractivity contribution in [1.29, 1.82) is 0 Å². The molecule has 1 heterocycles. The molecule has 4 aromatic carbocycles. The van der Waals surface area contributed by atoms with Crippen LogP contribution in [0.2, 0.25) is 0 Å². The van der Waals surface area contributed by atoms with Gasteiger partial charge in [-0.25, -0.2) is 4.79 Å². The molecule has 4 aromatic rings. The number of aromatic carboxylic acids is 1. The molecule has 5 rings (SSSR count). The quantitative estimate of drug-likeness (QED) is 0.276. The van der Waals surface area contributed by atoms with Crippen LogP contribution in [0.3, 0.4) is 0 Å². The minimum Gasteiger partial charge on any atom is -0.490 e. The van der Waals surface area contributed by atoms with E-state index in [1.807, 2.05) is 37.3 Å². The molecule has 0 fully saturated rings. The fraction of sp³-hybridized carbons (Fsp3) is 0.281. The van der Waals surface area contributed by atoms with Gasteiger partial charge < -0.3 is 9.84 Å². The molecule has 36 heavy (non-hydrogen) atoms. The van der Waals surface area contributed by atoms with Gasteiger partial charge in [0, 0.05) is 11.5 Å². The summed E-state index contributed by atoms with van der Waals surface area (Å²) in [5.41, 5.74) is 4.79. The van der Waals surface area contributed by atoms with Crippen LogP contribution >= 0.6 is 12.4 Å². The molecule has 3 nitrogen and oxygen atoms in total. The normalized spacial score (nSPS) is 17.5. The Hall–Kier alpha value is -3.30. The monoisotopic (exact) mass is 500 g/mol. The summed E-state index contributed by atoms with van der Waals surface area (Å²) in [5, 5.41) is 12.3. The zero-order valence-electron chi connectivity index (χ0n) is 20.8. The first-order valence-electron chi connectivity index (χ1n) is 12.6.